The molecule has 0 spiro atoms. The summed E-state index contributed by atoms with van der Waals surface area (Å²) < 4.78 is 1.75. The van der Waals surface area contributed by atoms with Gasteiger partial charge in [0.15, 0.2) is 11.5 Å². The SMILES string of the molecule is CN1CCN(C(=O)c2nn(-c3cccc(C#N)n3)c3c2CCc2sccc2-3)CC1. The molecule has 0 atom stereocenters. The lowest BCUT2D eigenvalue weighted by Crippen LogP contribution is -2.47. The van der Waals surface area contributed by atoms with Crippen molar-refractivity contribution in [1.29, 1.82) is 5.26 Å². The molecule has 3 aromatic rings. The van der Waals surface area contributed by atoms with Crippen molar-refractivity contribution in [3.63, 3.8) is 0 Å². The molecule has 1 aliphatic carbocycles. The lowest BCUT2D eigenvalue weighted by atomic mass is 9.94. The van der Waals surface area contributed by atoms with Gasteiger partial charge in [-0.3, -0.25) is 4.79 Å². The quantitative estimate of drug-likeness (QED) is 0.655. The molecule has 2 aliphatic rings. The molecular formula is C21H20N6OS. The molecule has 1 aliphatic heterocycles. The number of nitriles is 1. The third kappa shape index (κ3) is 3.03. The number of thiophene rings is 1. The van der Waals surface area contributed by atoms with Crippen LogP contribution in [0.5, 0.6) is 0 Å². The molecule has 4 heterocycles. The number of hydrogen-bond acceptors (Lipinski definition) is 6. The second-order valence-corrected chi connectivity index (χ2v) is 8.43. The highest BCUT2D eigenvalue weighted by Gasteiger charge is 2.32. The normalized spacial score (nSPS) is 16.2. The van der Waals surface area contributed by atoms with Crippen molar-refractivity contribution in [2.75, 3.05) is 33.2 Å². The summed E-state index contributed by atoms with van der Waals surface area (Å²) in [4.78, 5) is 23.2. The van der Waals surface area contributed by atoms with Gasteiger partial charge in [-0.1, -0.05) is 6.07 Å². The molecule has 29 heavy (non-hydrogen) atoms. The maximum atomic E-state index is 13.4. The zero-order valence-corrected chi connectivity index (χ0v) is 16.9. The van der Waals surface area contributed by atoms with Crippen LogP contribution < -0.4 is 0 Å². The first-order valence-corrected chi connectivity index (χ1v) is 10.6. The number of carbonyl (C=O) groups is 1. The van der Waals surface area contributed by atoms with Crippen LogP contribution in [0.4, 0.5) is 0 Å². The molecule has 1 saturated heterocycles. The zero-order chi connectivity index (χ0) is 20.0. The van der Waals surface area contributed by atoms with Gasteiger partial charge >= 0.3 is 0 Å². The minimum atomic E-state index is -0.0109. The maximum absolute atomic E-state index is 13.4. The number of carbonyl (C=O) groups excluding carboxylic acids is 1. The van der Waals surface area contributed by atoms with E-state index >= 15 is 0 Å². The van der Waals surface area contributed by atoms with Crippen LogP contribution in [0.3, 0.4) is 0 Å². The van der Waals surface area contributed by atoms with E-state index in [4.69, 9.17) is 5.10 Å². The summed E-state index contributed by atoms with van der Waals surface area (Å²) in [5.41, 5.74) is 3.90. The average molecular weight is 404 g/mol. The van der Waals surface area contributed by atoms with E-state index in [0.29, 0.717) is 30.3 Å². The Balaban J connectivity index is 1.64. The fourth-order valence-corrected chi connectivity index (χ4v) is 4.93. The van der Waals surface area contributed by atoms with Gasteiger partial charge in [-0.2, -0.15) is 10.4 Å². The van der Waals surface area contributed by atoms with Crippen molar-refractivity contribution in [3.05, 3.63) is 51.5 Å². The van der Waals surface area contributed by atoms with Crippen LogP contribution in [-0.4, -0.2) is 63.7 Å². The van der Waals surface area contributed by atoms with Crippen molar-refractivity contribution in [3.8, 4) is 23.1 Å². The number of likely N-dealkylation sites (N-methyl/N-ethyl adjacent to an activating group) is 1. The first-order valence-electron chi connectivity index (χ1n) is 9.69. The Morgan fingerprint density at radius 3 is 2.79 bits per heavy atom. The van der Waals surface area contributed by atoms with Crippen LogP contribution in [-0.2, 0) is 12.8 Å². The molecule has 3 aromatic heterocycles. The van der Waals surface area contributed by atoms with Crippen LogP contribution in [0.25, 0.3) is 17.1 Å². The van der Waals surface area contributed by atoms with E-state index in [9.17, 15) is 10.1 Å². The number of rotatable bonds is 2. The number of hydrogen-bond donors (Lipinski definition) is 0. The minimum absolute atomic E-state index is 0.0109. The second-order valence-electron chi connectivity index (χ2n) is 7.43. The van der Waals surface area contributed by atoms with Gasteiger partial charge in [0, 0.05) is 42.2 Å². The molecular weight excluding hydrogens is 384 g/mol. The molecule has 0 bridgehead atoms. The smallest absolute Gasteiger partial charge is 0.274 e. The molecule has 1 fully saturated rings. The predicted octanol–water partition coefficient (Wildman–Crippen LogP) is 2.35. The van der Waals surface area contributed by atoms with Crippen molar-refractivity contribution >= 4 is 17.2 Å². The van der Waals surface area contributed by atoms with Gasteiger partial charge in [0.25, 0.3) is 5.91 Å². The molecule has 1 amide bonds. The predicted molar refractivity (Wildman–Crippen MR) is 110 cm³/mol. The third-order valence-corrected chi connectivity index (χ3v) is 6.63. The van der Waals surface area contributed by atoms with Gasteiger partial charge < -0.3 is 9.80 Å². The fourth-order valence-electron chi connectivity index (χ4n) is 4.05. The van der Waals surface area contributed by atoms with Crippen molar-refractivity contribution in [2.24, 2.45) is 0 Å². The summed E-state index contributed by atoms with van der Waals surface area (Å²) >= 11 is 1.73. The molecule has 0 saturated carbocycles. The van der Waals surface area contributed by atoms with Crippen LogP contribution in [0, 0.1) is 11.3 Å². The summed E-state index contributed by atoms with van der Waals surface area (Å²) in [5, 5.41) is 16.1. The van der Waals surface area contributed by atoms with E-state index in [2.05, 4.69) is 34.4 Å². The number of nitrogens with zero attached hydrogens (tertiary/aromatic N) is 6. The van der Waals surface area contributed by atoms with Gasteiger partial charge in [-0.15, -0.1) is 11.3 Å². The summed E-state index contributed by atoms with van der Waals surface area (Å²) in [6.45, 7) is 3.16. The van der Waals surface area contributed by atoms with Crippen LogP contribution in [0.15, 0.2) is 29.6 Å². The van der Waals surface area contributed by atoms with E-state index in [1.165, 1.54) is 4.88 Å². The standard InChI is InChI=1S/C21H20N6OS/c1-25-8-10-26(11-9-25)21(28)19-16-5-6-17-15(7-12-29-17)20(16)27(24-19)18-4-2-3-14(13-22)23-18/h2-4,7,12H,5-6,8-11H2,1H3. The number of pyridine rings is 1. The van der Waals surface area contributed by atoms with Crippen molar-refractivity contribution in [1.82, 2.24) is 24.6 Å². The molecule has 8 heteroatoms. The van der Waals surface area contributed by atoms with Crippen molar-refractivity contribution < 1.29 is 4.79 Å². The molecule has 146 valence electrons. The molecule has 5 rings (SSSR count). The van der Waals surface area contributed by atoms with Gasteiger partial charge in [-0.05, 0) is 43.5 Å². The summed E-state index contributed by atoms with van der Waals surface area (Å²) in [5.74, 6) is 0.556. The Morgan fingerprint density at radius 1 is 1.17 bits per heavy atom. The molecule has 7 nitrogen and oxygen atoms in total. The Bertz CT molecular complexity index is 1130. The average Bonchev–Trinajstić information content (AvgIpc) is 3.38. The molecule has 0 unspecified atom stereocenters. The number of aromatic nitrogens is 3. The second kappa shape index (κ2) is 7.10. The lowest BCUT2D eigenvalue weighted by molar-refractivity contribution is 0.0656. The maximum Gasteiger partial charge on any atom is 0.274 e. The molecule has 0 N–H and O–H groups in total. The first kappa shape index (κ1) is 18.0. The Hall–Kier alpha value is -3.02. The van der Waals surface area contributed by atoms with E-state index in [0.717, 1.165) is 42.8 Å². The molecule has 0 radical (unpaired) electrons. The van der Waals surface area contributed by atoms with E-state index < -0.39 is 0 Å². The fraction of sp³-hybridized carbons (Fsp3) is 0.333. The molecule has 0 aromatic carbocycles. The Labute approximate surface area is 172 Å². The van der Waals surface area contributed by atoms with Gasteiger partial charge in [-0.25, -0.2) is 9.67 Å². The summed E-state index contributed by atoms with van der Waals surface area (Å²) in [6.07, 6.45) is 1.70. The van der Waals surface area contributed by atoms with Crippen molar-refractivity contribution in [2.45, 2.75) is 12.8 Å². The highest BCUT2D eigenvalue weighted by Crippen LogP contribution is 2.39. The minimum Gasteiger partial charge on any atom is -0.335 e. The summed E-state index contributed by atoms with van der Waals surface area (Å²) in [6, 6.07) is 9.48. The largest absolute Gasteiger partial charge is 0.335 e. The number of fused-ring (bicyclic) bond motifs is 3. The monoisotopic (exact) mass is 404 g/mol. The van der Waals surface area contributed by atoms with Crippen LogP contribution >= 0.6 is 11.3 Å². The van der Waals surface area contributed by atoms with Gasteiger partial charge in [0.05, 0.1) is 5.69 Å². The highest BCUT2D eigenvalue weighted by atomic mass is 32.1. The topological polar surface area (TPSA) is 78.0 Å². The first-order chi connectivity index (χ1) is 14.2. The van der Waals surface area contributed by atoms with Crippen LogP contribution in [0.2, 0.25) is 0 Å². The van der Waals surface area contributed by atoms with Gasteiger partial charge in [0.1, 0.15) is 11.8 Å². The Kier molecular flexibility index (Phi) is 4.42. The van der Waals surface area contributed by atoms with Gasteiger partial charge in [0.2, 0.25) is 0 Å². The highest BCUT2D eigenvalue weighted by molar-refractivity contribution is 7.10. The lowest BCUT2D eigenvalue weighted by Gasteiger charge is -2.32. The third-order valence-electron chi connectivity index (χ3n) is 5.65. The zero-order valence-electron chi connectivity index (χ0n) is 16.1. The van der Waals surface area contributed by atoms with E-state index in [1.807, 2.05) is 11.0 Å². The number of aryl methyl sites for hydroxylation is 1. The van der Waals surface area contributed by atoms with E-state index in [1.54, 1.807) is 28.2 Å². The summed E-state index contributed by atoms with van der Waals surface area (Å²) in [7, 11) is 2.07. The van der Waals surface area contributed by atoms with Crippen LogP contribution in [0.1, 0.15) is 26.6 Å². The van der Waals surface area contributed by atoms with E-state index in [-0.39, 0.29) is 5.91 Å². The number of piperazine rings is 1. The Morgan fingerprint density at radius 2 is 2.00 bits per heavy atom. The number of amides is 1.